The molecule has 0 bridgehead atoms. The molecule has 0 saturated carbocycles. The summed E-state index contributed by atoms with van der Waals surface area (Å²) in [7, 11) is 0. The Morgan fingerprint density at radius 2 is 2.00 bits per heavy atom. The highest BCUT2D eigenvalue weighted by molar-refractivity contribution is 6.04. The van der Waals surface area contributed by atoms with Crippen molar-refractivity contribution in [1.82, 2.24) is 0 Å². The normalized spacial score (nSPS) is 10.6. The van der Waals surface area contributed by atoms with Gasteiger partial charge in [-0.15, -0.1) is 0 Å². The fourth-order valence-corrected chi connectivity index (χ4v) is 1.98. The van der Waals surface area contributed by atoms with Crippen molar-refractivity contribution in [2.45, 2.75) is 13.3 Å². The number of carboxylic acid groups (broad SMARTS) is 1. The molecule has 2 aromatic rings. The van der Waals surface area contributed by atoms with E-state index in [-0.39, 0.29) is 17.1 Å². The van der Waals surface area contributed by atoms with Crippen LogP contribution in [0.1, 0.15) is 22.8 Å². The van der Waals surface area contributed by atoms with Crippen molar-refractivity contribution in [2.24, 2.45) is 0 Å². The van der Waals surface area contributed by atoms with Gasteiger partial charge in [0.25, 0.3) is 0 Å². The molecule has 17 heavy (non-hydrogen) atoms. The molecule has 0 aliphatic rings. The van der Waals surface area contributed by atoms with Gasteiger partial charge < -0.3 is 15.3 Å². The maximum atomic E-state index is 10.9. The summed E-state index contributed by atoms with van der Waals surface area (Å²) in [5.74, 6) is -1.69. The van der Waals surface area contributed by atoms with Crippen LogP contribution >= 0.6 is 0 Å². The van der Waals surface area contributed by atoms with Gasteiger partial charge in [-0.25, -0.2) is 4.79 Å². The lowest BCUT2D eigenvalue weighted by Crippen LogP contribution is -1.98. The monoisotopic (exact) mass is 232 g/mol. The van der Waals surface area contributed by atoms with Gasteiger partial charge in [-0.1, -0.05) is 25.1 Å². The third-order valence-corrected chi connectivity index (χ3v) is 2.81. The zero-order chi connectivity index (χ0) is 12.6. The van der Waals surface area contributed by atoms with Crippen LogP contribution in [-0.2, 0) is 6.42 Å². The van der Waals surface area contributed by atoms with Crippen LogP contribution in [0.5, 0.6) is 11.5 Å². The van der Waals surface area contributed by atoms with Gasteiger partial charge in [0.05, 0.1) is 0 Å². The Hall–Kier alpha value is -2.23. The molecular weight excluding hydrogens is 220 g/mol. The van der Waals surface area contributed by atoms with Gasteiger partial charge in [0.15, 0.2) is 0 Å². The summed E-state index contributed by atoms with van der Waals surface area (Å²) >= 11 is 0. The molecule has 0 aromatic heterocycles. The van der Waals surface area contributed by atoms with Crippen LogP contribution in [0.3, 0.4) is 0 Å². The molecule has 0 radical (unpaired) electrons. The molecule has 0 aliphatic carbocycles. The van der Waals surface area contributed by atoms with Crippen LogP contribution in [0.2, 0.25) is 0 Å². The first kappa shape index (κ1) is 11.3. The van der Waals surface area contributed by atoms with E-state index in [1.807, 2.05) is 13.0 Å². The molecule has 0 spiro atoms. The lowest BCUT2D eigenvalue weighted by molar-refractivity contribution is 0.0693. The van der Waals surface area contributed by atoms with E-state index in [1.54, 1.807) is 12.1 Å². The van der Waals surface area contributed by atoms with Crippen molar-refractivity contribution in [1.29, 1.82) is 0 Å². The molecule has 0 heterocycles. The number of carbonyl (C=O) groups is 1. The van der Waals surface area contributed by atoms with E-state index in [2.05, 4.69) is 0 Å². The van der Waals surface area contributed by atoms with Crippen LogP contribution in [0, 0.1) is 0 Å². The quantitative estimate of drug-likeness (QED) is 0.695. The van der Waals surface area contributed by atoms with E-state index in [4.69, 9.17) is 5.11 Å². The Morgan fingerprint density at radius 1 is 1.29 bits per heavy atom. The van der Waals surface area contributed by atoms with E-state index in [9.17, 15) is 15.0 Å². The Morgan fingerprint density at radius 3 is 2.59 bits per heavy atom. The second-order valence-electron chi connectivity index (χ2n) is 3.79. The minimum absolute atomic E-state index is 0.118. The zero-order valence-corrected chi connectivity index (χ0v) is 9.27. The number of aromatic hydroxyl groups is 2. The van der Waals surface area contributed by atoms with Crippen molar-refractivity contribution in [2.75, 3.05) is 0 Å². The lowest BCUT2D eigenvalue weighted by atomic mass is 9.98. The number of benzene rings is 2. The lowest BCUT2D eigenvalue weighted by Gasteiger charge is -2.10. The fraction of sp³-hybridized carbons (Fsp3) is 0.154. The summed E-state index contributed by atoms with van der Waals surface area (Å²) in [5.41, 5.74) is 0.579. The minimum Gasteiger partial charge on any atom is -0.507 e. The smallest absolute Gasteiger partial charge is 0.339 e. The minimum atomic E-state index is -1.26. The molecule has 4 nitrogen and oxygen atoms in total. The Kier molecular flexibility index (Phi) is 2.63. The average Bonchev–Trinajstić information content (AvgIpc) is 2.32. The van der Waals surface area contributed by atoms with Gasteiger partial charge in [0.2, 0.25) is 0 Å². The van der Waals surface area contributed by atoms with Gasteiger partial charge >= 0.3 is 5.97 Å². The maximum Gasteiger partial charge on any atom is 0.339 e. The highest BCUT2D eigenvalue weighted by Crippen LogP contribution is 2.37. The van der Waals surface area contributed by atoms with E-state index in [0.717, 1.165) is 11.6 Å². The average molecular weight is 232 g/mol. The molecule has 88 valence electrons. The fourth-order valence-electron chi connectivity index (χ4n) is 1.98. The standard InChI is InChI=1S/C13H12O4/c1-2-7-4-3-5-8-11(7)10(14)6-9(12(8)15)13(16)17/h3-6,14-15H,2H2,1H3,(H,16,17). The zero-order valence-electron chi connectivity index (χ0n) is 9.27. The summed E-state index contributed by atoms with van der Waals surface area (Å²) in [6, 6.07) is 6.24. The molecule has 0 fully saturated rings. The summed E-state index contributed by atoms with van der Waals surface area (Å²) in [6.07, 6.45) is 0.691. The second-order valence-corrected chi connectivity index (χ2v) is 3.79. The Labute approximate surface area is 97.8 Å². The second kappa shape index (κ2) is 3.97. The van der Waals surface area contributed by atoms with Crippen LogP contribution < -0.4 is 0 Å². The van der Waals surface area contributed by atoms with Crippen LogP contribution in [0.15, 0.2) is 24.3 Å². The SMILES string of the molecule is CCc1cccc2c(O)c(C(=O)O)cc(O)c12. The molecule has 0 atom stereocenters. The number of carboxylic acids is 1. The number of aryl methyl sites for hydroxylation is 1. The third-order valence-electron chi connectivity index (χ3n) is 2.81. The maximum absolute atomic E-state index is 10.9. The topological polar surface area (TPSA) is 77.8 Å². The van der Waals surface area contributed by atoms with Crippen molar-refractivity contribution in [3.63, 3.8) is 0 Å². The van der Waals surface area contributed by atoms with Crippen LogP contribution in [0.4, 0.5) is 0 Å². The summed E-state index contributed by atoms with van der Waals surface area (Å²) in [6.45, 7) is 1.93. The summed E-state index contributed by atoms with van der Waals surface area (Å²) in [4.78, 5) is 10.9. The van der Waals surface area contributed by atoms with Crippen molar-refractivity contribution < 1.29 is 20.1 Å². The molecular formula is C13H12O4. The molecule has 4 heteroatoms. The number of fused-ring (bicyclic) bond motifs is 1. The molecule has 0 unspecified atom stereocenters. The number of hydrogen-bond donors (Lipinski definition) is 3. The van der Waals surface area contributed by atoms with E-state index in [1.165, 1.54) is 0 Å². The Bertz CT molecular complexity index is 602. The molecule has 0 aliphatic heterocycles. The molecule has 3 N–H and O–H groups in total. The summed E-state index contributed by atoms with van der Waals surface area (Å²) < 4.78 is 0. The number of rotatable bonds is 2. The number of hydrogen-bond acceptors (Lipinski definition) is 3. The van der Waals surface area contributed by atoms with Crippen molar-refractivity contribution in [3.8, 4) is 11.5 Å². The highest BCUT2D eigenvalue weighted by atomic mass is 16.4. The molecule has 2 aromatic carbocycles. The van der Waals surface area contributed by atoms with Gasteiger partial charge in [0, 0.05) is 10.8 Å². The van der Waals surface area contributed by atoms with E-state index < -0.39 is 5.97 Å². The van der Waals surface area contributed by atoms with E-state index in [0.29, 0.717) is 17.2 Å². The van der Waals surface area contributed by atoms with Gasteiger partial charge in [-0.3, -0.25) is 0 Å². The first-order valence-electron chi connectivity index (χ1n) is 5.26. The predicted octanol–water partition coefficient (Wildman–Crippen LogP) is 2.51. The number of phenolic OH excluding ortho intramolecular Hbond substituents is 1. The van der Waals surface area contributed by atoms with Gasteiger partial charge in [-0.2, -0.15) is 0 Å². The van der Waals surface area contributed by atoms with Gasteiger partial charge in [-0.05, 0) is 18.1 Å². The largest absolute Gasteiger partial charge is 0.507 e. The van der Waals surface area contributed by atoms with Crippen LogP contribution in [-0.4, -0.2) is 21.3 Å². The predicted molar refractivity (Wildman–Crippen MR) is 63.6 cm³/mol. The van der Waals surface area contributed by atoms with Gasteiger partial charge in [0.1, 0.15) is 17.1 Å². The molecule has 0 saturated heterocycles. The Balaban J connectivity index is 2.92. The first-order valence-corrected chi connectivity index (χ1v) is 5.26. The molecule has 0 amide bonds. The van der Waals surface area contributed by atoms with E-state index >= 15 is 0 Å². The first-order chi connectivity index (χ1) is 8.06. The highest BCUT2D eigenvalue weighted by Gasteiger charge is 2.17. The van der Waals surface area contributed by atoms with Crippen molar-refractivity contribution >= 4 is 16.7 Å². The number of aromatic carboxylic acids is 1. The third kappa shape index (κ3) is 1.67. The number of phenols is 2. The van der Waals surface area contributed by atoms with Crippen LogP contribution in [0.25, 0.3) is 10.8 Å². The van der Waals surface area contributed by atoms with Crippen molar-refractivity contribution in [3.05, 3.63) is 35.4 Å². The molecule has 2 rings (SSSR count). The summed E-state index contributed by atoms with van der Waals surface area (Å²) in [5, 5.41) is 29.5.